The summed E-state index contributed by atoms with van der Waals surface area (Å²) < 4.78 is 69.8. The molecule has 3 aromatic carbocycles. The number of carbonyl (C=O) groups excluding carboxylic acids is 9. The maximum atomic E-state index is 14.5. The molecule has 16 rings (SSSR count). The molecule has 143 heavy (non-hydrogen) atoms. The van der Waals surface area contributed by atoms with E-state index in [4.69, 9.17) is 76.8 Å². The Bertz CT molecular complexity index is 5440. The van der Waals surface area contributed by atoms with Gasteiger partial charge < -0.3 is 71.5 Å². The summed E-state index contributed by atoms with van der Waals surface area (Å²) in [6.45, 7) is 38.9. The molecule has 0 radical (unpaired) electrons. The molecular weight excluding hydrogens is 1820 g/mol. The van der Waals surface area contributed by atoms with Crippen molar-refractivity contribution in [3.63, 3.8) is 0 Å². The van der Waals surface area contributed by atoms with Crippen LogP contribution < -0.4 is 28.4 Å². The maximum Gasteiger partial charge on any atom is 0.329 e. The highest BCUT2D eigenvalue weighted by molar-refractivity contribution is 5.93. The highest BCUT2D eigenvalue weighted by atomic mass is 16.6. The van der Waals surface area contributed by atoms with Gasteiger partial charge in [0.2, 0.25) is 35.4 Å². The number of carbonyl (C=O) groups is 9. The fourth-order valence-corrected chi connectivity index (χ4v) is 24.4. The molecule has 0 unspecified atom stereocenters. The molecule has 30 heteroatoms. The molecule has 7 heterocycles. The number of aromatic nitrogens is 6. The number of fused-ring (bicyclic) bond motifs is 15. The van der Waals surface area contributed by atoms with Crippen molar-refractivity contribution in [3.05, 3.63) is 116 Å². The van der Waals surface area contributed by atoms with Crippen molar-refractivity contribution in [1.82, 2.24) is 44.6 Å². The molecule has 6 aliphatic carbocycles. The summed E-state index contributed by atoms with van der Waals surface area (Å²) in [5, 5.41) is 0. The molecule has 3 amide bonds. The van der Waals surface area contributed by atoms with E-state index in [2.05, 4.69) is 42.4 Å². The van der Waals surface area contributed by atoms with Crippen LogP contribution in [0.25, 0.3) is 51.3 Å². The van der Waals surface area contributed by atoms with Gasteiger partial charge >= 0.3 is 35.8 Å². The van der Waals surface area contributed by atoms with E-state index < -0.39 is 106 Å². The molecule has 4 aliphatic heterocycles. The molecule has 9 fully saturated rings. The van der Waals surface area contributed by atoms with Crippen LogP contribution >= 0.6 is 0 Å². The Kier molecular flexibility index (Phi) is 35.4. The number of amides is 3. The number of nitrogens with zero attached hydrogens (tertiary/aromatic N) is 9. The Labute approximate surface area is 843 Å². The van der Waals surface area contributed by atoms with E-state index in [9.17, 15) is 43.2 Å². The van der Waals surface area contributed by atoms with Crippen LogP contribution in [0.3, 0.4) is 0 Å². The van der Waals surface area contributed by atoms with Gasteiger partial charge in [-0.05, 0) is 240 Å². The number of ether oxygens (including phenoxy) is 12. The smallest absolute Gasteiger partial charge is 0.329 e. The molecule has 6 aromatic rings. The van der Waals surface area contributed by atoms with Gasteiger partial charge in [0.1, 0.15) is 89.1 Å². The zero-order valence-corrected chi connectivity index (χ0v) is 86.4. The van der Waals surface area contributed by atoms with E-state index in [1.54, 1.807) is 62.6 Å². The topological polar surface area (TPSA) is 351 Å². The number of esters is 6. The highest BCUT2D eigenvalue weighted by Crippen LogP contribution is 2.56. The number of methoxy groups -OCH3 is 6. The van der Waals surface area contributed by atoms with Crippen molar-refractivity contribution >= 4 is 105 Å². The molecule has 24 atom stereocenters. The predicted octanol–water partition coefficient (Wildman–Crippen LogP) is 19.1. The van der Waals surface area contributed by atoms with E-state index in [0.717, 1.165) is 96.3 Å². The van der Waals surface area contributed by atoms with E-state index in [-0.39, 0.29) is 112 Å². The van der Waals surface area contributed by atoms with Gasteiger partial charge in [-0.15, -0.1) is 13.2 Å². The first-order valence-corrected chi connectivity index (χ1v) is 51.2. The van der Waals surface area contributed by atoms with Gasteiger partial charge in [0.15, 0.2) is 0 Å². The number of hydrogen-bond acceptors (Lipinski definition) is 27. The summed E-state index contributed by atoms with van der Waals surface area (Å²) in [6, 6.07) is 13.6. The van der Waals surface area contributed by atoms with Gasteiger partial charge in [0, 0.05) is 36.0 Å². The van der Waals surface area contributed by atoms with Crippen molar-refractivity contribution in [1.29, 1.82) is 0 Å². The van der Waals surface area contributed by atoms with Crippen LogP contribution in [0, 0.1) is 105 Å². The standard InChI is InChI=1S/2C38H51N3O7.C36H47N3O7.CH4/c2*1-9-11-12-13-26-23-14-15-24(18-23)34(26)48-32(42)20-27(38(4,5)6)36(43)41-21-31(22(3)33(41)37(44)46-8)47-35-28(10-2)39-29-17-16-25(45-7)19-30(29)40-35;1-20-29-19-39(31(20)35(42)44-6)34(41)25(36(2,3)4)18-30(40)46-32-22-13-12-21(16-22)24(32)10-8-7-9-11-27-33(45-29)38-28-17-23(43-5)14-15-26(28)37-27;/h2*9-10,16-17,19,22-24,26-27,31,33-34H,1-2,11-15,18,20-21H2,3-8H3;9,11,14-15,17,20-22,24-25,29,31-32H,7-8,10,12-13,16,18-19H2,1-6H3;1H4/b;;11-9+;/t22-,23+,24-,26+,27-,31+,33+,34+;22-,23-,24+,26-,27-,31+,33+,34-;20-,21-,22+,24-,25-,29+,31+,32-;/m111./s1. The lowest BCUT2D eigenvalue weighted by atomic mass is 9.77. The molecule has 6 saturated carbocycles. The van der Waals surface area contributed by atoms with Crippen LogP contribution in [-0.4, -0.2) is 215 Å². The normalized spacial score (nSPS) is 28.6. The van der Waals surface area contributed by atoms with E-state index in [0.29, 0.717) is 127 Å². The van der Waals surface area contributed by atoms with Gasteiger partial charge in [0.25, 0.3) is 0 Å². The number of allylic oxidation sites excluding steroid dienone is 3. The van der Waals surface area contributed by atoms with Gasteiger partial charge in [-0.3, -0.25) is 28.8 Å². The maximum absolute atomic E-state index is 14.5. The number of unbranched alkanes of at least 4 members (excludes halogenated alkanes) is 2. The molecule has 8 bridgehead atoms. The van der Waals surface area contributed by atoms with Crippen molar-refractivity contribution in [2.75, 3.05) is 62.3 Å². The Hall–Kier alpha value is -11.6. The number of benzene rings is 3. The summed E-state index contributed by atoms with van der Waals surface area (Å²) in [5.41, 5.74) is 3.50. The van der Waals surface area contributed by atoms with Gasteiger partial charge in [0.05, 0.1) is 132 Å². The summed E-state index contributed by atoms with van der Waals surface area (Å²) >= 11 is 0. The third-order valence-electron chi connectivity index (χ3n) is 32.4. The van der Waals surface area contributed by atoms with E-state index in [1.165, 1.54) is 50.4 Å². The Balaban J connectivity index is 0.000000179. The SMILES string of the molecule is C.C=CCCC[C@@H]1[C@@H]2CC[C@@H](C2)[C@H]1OC(=O)C[C@H](C(=O)N1C[C@H](Oc2nc3cc(OC)ccc3nc2C=C)[C@@H](C)[C@H]1C(=O)OC)C(C)(C)C.C=CCCC[C@H]1[C@H]2CC[C@H](C2)[C@@H]1OC(=O)C[C@H](C(=O)N1C[C@H](Oc2nc3cc(OC)ccc3nc2C=C)[C@@H](C)[C@H]1C(=O)OC)C(C)(C)C.COC(=O)[C@@H]1[C@H](C)[C@@H]2CN1C(=O)[C@H](C(C)(C)C)CC(=O)O[C@@H]1[C@H]3CC[C@H](C3)[C@H]1CCC/C=C/c1nc3ccc(OC)cc3nc1O2. The molecule has 30 nitrogen and oxygen atoms in total. The first kappa shape index (κ1) is 109. The minimum Gasteiger partial charge on any atom is -0.497 e. The number of hydrogen-bond donors (Lipinski definition) is 0. The lowest BCUT2D eigenvalue weighted by Gasteiger charge is -2.35. The van der Waals surface area contributed by atoms with Crippen LogP contribution in [0.15, 0.2) is 99.1 Å². The molecule has 3 saturated heterocycles. The monoisotopic (exact) mass is 1970 g/mol. The van der Waals surface area contributed by atoms with Crippen LogP contribution in [0.2, 0.25) is 0 Å². The lowest BCUT2D eigenvalue weighted by molar-refractivity contribution is -0.162. The van der Waals surface area contributed by atoms with E-state index in [1.807, 2.05) is 132 Å². The van der Waals surface area contributed by atoms with Gasteiger partial charge in [-0.25, -0.2) is 44.3 Å². The summed E-state index contributed by atoms with van der Waals surface area (Å²) in [7, 11) is 8.70. The zero-order chi connectivity index (χ0) is 102. The number of likely N-dealkylation sites (tertiary alicyclic amines) is 2. The average molecular weight is 1970 g/mol. The average Bonchev–Trinajstić information content (AvgIpc) is 1.67. The molecule has 0 spiro atoms. The van der Waals surface area contributed by atoms with Crippen molar-refractivity contribution in [3.8, 4) is 34.9 Å². The lowest BCUT2D eigenvalue weighted by Crippen LogP contribution is -2.49. The van der Waals surface area contributed by atoms with Crippen LogP contribution in [0.1, 0.15) is 242 Å². The fourth-order valence-electron chi connectivity index (χ4n) is 24.4. The molecular formula is C113H153N9O21. The second kappa shape index (κ2) is 46.6. The van der Waals surface area contributed by atoms with Crippen LogP contribution in [-0.2, 0) is 71.6 Å². The minimum atomic E-state index is -0.908. The van der Waals surface area contributed by atoms with Crippen LogP contribution in [0.5, 0.6) is 34.9 Å². The second-order valence-corrected chi connectivity index (χ2v) is 44.1. The summed E-state index contributed by atoms with van der Waals surface area (Å²) in [6.07, 6.45) is 27.7. The van der Waals surface area contributed by atoms with Crippen LogP contribution in [0.4, 0.5) is 0 Å². The first-order chi connectivity index (χ1) is 67.8. The van der Waals surface area contributed by atoms with Crippen molar-refractivity contribution in [2.24, 2.45) is 105 Å². The van der Waals surface area contributed by atoms with Gasteiger partial charge in [-0.2, -0.15) is 0 Å². The number of rotatable bonds is 28. The Morgan fingerprint density at radius 2 is 0.923 bits per heavy atom. The van der Waals surface area contributed by atoms with Gasteiger partial charge in [-0.1, -0.05) is 122 Å². The first-order valence-electron chi connectivity index (χ1n) is 51.2. The summed E-state index contributed by atoms with van der Waals surface area (Å²) in [4.78, 5) is 157. The minimum absolute atomic E-state index is 0. The van der Waals surface area contributed by atoms with Crippen molar-refractivity contribution < 1.29 is 100.0 Å². The molecule has 3 aromatic heterocycles. The molecule has 0 N–H and O–H groups in total. The summed E-state index contributed by atoms with van der Waals surface area (Å²) in [5.74, 6) is -0.307. The predicted molar refractivity (Wildman–Crippen MR) is 545 cm³/mol. The molecule has 776 valence electrons. The third kappa shape index (κ3) is 24.1. The molecule has 10 aliphatic rings. The largest absolute Gasteiger partial charge is 0.497 e. The fraction of sp³-hybridized carbons (Fsp3) is 0.619. The van der Waals surface area contributed by atoms with Crippen molar-refractivity contribution in [2.45, 2.75) is 280 Å². The Morgan fingerprint density at radius 3 is 1.36 bits per heavy atom. The van der Waals surface area contributed by atoms with E-state index >= 15 is 0 Å². The quantitative estimate of drug-likeness (QED) is 0.0190. The second-order valence-electron chi connectivity index (χ2n) is 44.1. The zero-order valence-electron chi connectivity index (χ0n) is 86.4. The Morgan fingerprint density at radius 1 is 0.497 bits per heavy atom. The third-order valence-corrected chi connectivity index (χ3v) is 32.4. The highest BCUT2D eigenvalue weighted by Gasteiger charge is 2.58.